The SMILES string of the molecule is CC=CC(=O)[O-].CC=CC(=O)[O-].[NH4+].[NH4+]. The maximum atomic E-state index is 9.40. The maximum absolute atomic E-state index is 9.40. The van der Waals surface area contributed by atoms with Crippen molar-refractivity contribution in [3.63, 3.8) is 0 Å². The Morgan fingerprint density at radius 1 is 0.857 bits per heavy atom. The van der Waals surface area contributed by atoms with Crippen molar-refractivity contribution in [3.05, 3.63) is 24.3 Å². The molecule has 0 spiro atoms. The third-order valence-electron chi connectivity index (χ3n) is 0.605. The Hall–Kier alpha value is -1.66. The summed E-state index contributed by atoms with van der Waals surface area (Å²) in [7, 11) is 0. The quantitative estimate of drug-likeness (QED) is 0.577. The van der Waals surface area contributed by atoms with E-state index in [0.29, 0.717) is 0 Å². The molecule has 0 bridgehead atoms. The van der Waals surface area contributed by atoms with E-state index in [-0.39, 0.29) is 12.3 Å². The molecule has 0 aliphatic heterocycles. The highest BCUT2D eigenvalue weighted by Crippen LogP contribution is 1.61. The third-order valence-corrected chi connectivity index (χ3v) is 0.605. The number of quaternary nitrogens is 2. The van der Waals surface area contributed by atoms with Crippen LogP contribution in [0.2, 0.25) is 0 Å². The van der Waals surface area contributed by atoms with E-state index in [4.69, 9.17) is 0 Å². The van der Waals surface area contributed by atoms with Crippen molar-refractivity contribution >= 4 is 11.9 Å². The second-order valence-corrected chi connectivity index (χ2v) is 1.64. The van der Waals surface area contributed by atoms with Crippen molar-refractivity contribution in [2.75, 3.05) is 0 Å². The van der Waals surface area contributed by atoms with Crippen LogP contribution in [0.5, 0.6) is 0 Å². The molecule has 0 heterocycles. The van der Waals surface area contributed by atoms with Crippen molar-refractivity contribution in [1.29, 1.82) is 0 Å². The lowest BCUT2D eigenvalue weighted by Crippen LogP contribution is -2.18. The summed E-state index contributed by atoms with van der Waals surface area (Å²) in [5.74, 6) is -2.28. The molecule has 0 saturated carbocycles. The normalized spacial score (nSPS) is 8.14. The number of aliphatic carboxylic acids is 2. The van der Waals surface area contributed by atoms with Crippen molar-refractivity contribution in [1.82, 2.24) is 12.3 Å². The number of allylic oxidation sites excluding steroid dienone is 2. The van der Waals surface area contributed by atoms with Gasteiger partial charge in [-0.2, -0.15) is 0 Å². The molecule has 8 N–H and O–H groups in total. The molecule has 0 aliphatic carbocycles. The molecule has 0 aromatic carbocycles. The first-order chi connectivity index (χ1) is 5.54. The van der Waals surface area contributed by atoms with Gasteiger partial charge in [-0.1, -0.05) is 12.2 Å². The minimum atomic E-state index is -1.14. The Labute approximate surface area is 83.1 Å². The average Bonchev–Trinajstić information content (AvgIpc) is 1.87. The molecule has 6 heteroatoms. The van der Waals surface area contributed by atoms with E-state index in [1.54, 1.807) is 13.8 Å². The van der Waals surface area contributed by atoms with Crippen LogP contribution in [-0.4, -0.2) is 11.9 Å². The molecule has 0 amide bonds. The fourth-order valence-corrected chi connectivity index (χ4v) is 0.272. The van der Waals surface area contributed by atoms with E-state index in [9.17, 15) is 19.8 Å². The molecule has 0 atom stereocenters. The third kappa shape index (κ3) is 47.9. The molecule has 6 nitrogen and oxygen atoms in total. The summed E-state index contributed by atoms with van der Waals surface area (Å²) in [6.07, 6.45) is 4.77. The molecule has 0 fully saturated rings. The number of hydrogen-bond acceptors (Lipinski definition) is 4. The number of hydrogen-bond donors (Lipinski definition) is 2. The summed E-state index contributed by atoms with van der Waals surface area (Å²) >= 11 is 0. The molecule has 0 aromatic heterocycles. The predicted octanol–water partition coefficient (Wildman–Crippen LogP) is -0.623. The van der Waals surface area contributed by atoms with Gasteiger partial charge in [0.25, 0.3) is 0 Å². The Kier molecular flexibility index (Phi) is 28.4. The minimum absolute atomic E-state index is 0. The lowest BCUT2D eigenvalue weighted by molar-refractivity contribution is -0.298. The first kappa shape index (κ1) is 22.8. The van der Waals surface area contributed by atoms with Gasteiger partial charge in [0.2, 0.25) is 0 Å². The minimum Gasteiger partial charge on any atom is -0.545 e. The molecule has 0 aromatic rings. The fourth-order valence-electron chi connectivity index (χ4n) is 0.272. The Bertz CT molecular complexity index is 178. The van der Waals surface area contributed by atoms with Crippen molar-refractivity contribution < 1.29 is 19.8 Å². The highest BCUT2D eigenvalue weighted by atomic mass is 16.4. The fraction of sp³-hybridized carbons (Fsp3) is 0.250. The monoisotopic (exact) mass is 206 g/mol. The predicted molar refractivity (Wildman–Crippen MR) is 51.6 cm³/mol. The second kappa shape index (κ2) is 17.4. The number of carbonyl (C=O) groups excluding carboxylic acids is 2. The van der Waals surface area contributed by atoms with E-state index in [0.717, 1.165) is 12.2 Å². The van der Waals surface area contributed by atoms with E-state index >= 15 is 0 Å². The van der Waals surface area contributed by atoms with Gasteiger partial charge in [-0.05, 0) is 26.0 Å². The second-order valence-electron chi connectivity index (χ2n) is 1.64. The van der Waals surface area contributed by atoms with Gasteiger partial charge < -0.3 is 32.1 Å². The molecule has 0 rings (SSSR count). The van der Waals surface area contributed by atoms with Crippen LogP contribution >= 0.6 is 0 Å². The summed E-state index contributed by atoms with van der Waals surface area (Å²) in [6.45, 7) is 3.24. The largest absolute Gasteiger partial charge is 0.545 e. The zero-order valence-electron chi connectivity index (χ0n) is 8.94. The summed E-state index contributed by atoms with van der Waals surface area (Å²) in [6, 6.07) is 0. The van der Waals surface area contributed by atoms with Crippen LogP contribution in [-0.2, 0) is 9.59 Å². The number of carboxylic acids is 2. The van der Waals surface area contributed by atoms with Crippen LogP contribution in [0, 0.1) is 0 Å². The zero-order valence-corrected chi connectivity index (χ0v) is 8.94. The van der Waals surface area contributed by atoms with Crippen LogP contribution in [0.15, 0.2) is 24.3 Å². The molecule has 0 unspecified atom stereocenters. The standard InChI is InChI=1S/2C4H6O2.2H3N/c2*1-2-3-4(5)6;;/h2*2-3H,1H3,(H,5,6);2*1H3. The molecule has 84 valence electrons. The van der Waals surface area contributed by atoms with E-state index in [1.165, 1.54) is 12.2 Å². The molecular formula is C8H18N2O4. The zero-order chi connectivity index (χ0) is 9.98. The summed E-state index contributed by atoms with van der Waals surface area (Å²) in [5.41, 5.74) is 0. The van der Waals surface area contributed by atoms with Crippen LogP contribution in [0.25, 0.3) is 0 Å². The lowest BCUT2D eigenvalue weighted by atomic mass is 10.5. The van der Waals surface area contributed by atoms with Gasteiger partial charge in [0.05, 0.1) is 11.9 Å². The van der Waals surface area contributed by atoms with Gasteiger partial charge in [0.1, 0.15) is 0 Å². The Balaban J connectivity index is -0.0000000625. The Morgan fingerprint density at radius 3 is 1.07 bits per heavy atom. The van der Waals surface area contributed by atoms with Crippen molar-refractivity contribution in [3.8, 4) is 0 Å². The number of carbonyl (C=O) groups is 2. The number of carboxylic acid groups (broad SMARTS) is 2. The van der Waals surface area contributed by atoms with E-state index in [1.807, 2.05) is 0 Å². The first-order valence-corrected chi connectivity index (χ1v) is 3.22. The van der Waals surface area contributed by atoms with E-state index < -0.39 is 11.9 Å². The maximum Gasteiger partial charge on any atom is 0.0639 e. The van der Waals surface area contributed by atoms with E-state index in [2.05, 4.69) is 0 Å². The molecule has 0 saturated heterocycles. The van der Waals surface area contributed by atoms with Crippen LogP contribution in [0.1, 0.15) is 13.8 Å². The van der Waals surface area contributed by atoms with Gasteiger partial charge in [-0.15, -0.1) is 0 Å². The molecule has 0 radical (unpaired) electrons. The first-order valence-electron chi connectivity index (χ1n) is 3.22. The van der Waals surface area contributed by atoms with Crippen molar-refractivity contribution in [2.45, 2.75) is 13.8 Å². The van der Waals surface area contributed by atoms with Gasteiger partial charge in [-0.25, -0.2) is 0 Å². The Morgan fingerprint density at radius 2 is 1.07 bits per heavy atom. The van der Waals surface area contributed by atoms with Crippen LogP contribution < -0.4 is 22.5 Å². The van der Waals surface area contributed by atoms with Gasteiger partial charge in [-0.3, -0.25) is 0 Å². The molecule has 0 aliphatic rings. The smallest absolute Gasteiger partial charge is 0.0639 e. The summed E-state index contributed by atoms with van der Waals surface area (Å²) in [5, 5.41) is 18.8. The van der Waals surface area contributed by atoms with Crippen LogP contribution in [0.4, 0.5) is 0 Å². The number of rotatable bonds is 2. The van der Waals surface area contributed by atoms with Gasteiger partial charge in [0, 0.05) is 0 Å². The highest BCUT2D eigenvalue weighted by Gasteiger charge is 1.61. The van der Waals surface area contributed by atoms with Crippen molar-refractivity contribution in [2.24, 2.45) is 0 Å². The average molecular weight is 206 g/mol. The highest BCUT2D eigenvalue weighted by molar-refractivity contribution is 5.77. The molecule has 14 heavy (non-hydrogen) atoms. The summed E-state index contributed by atoms with van der Waals surface area (Å²) in [4.78, 5) is 18.8. The molecular weight excluding hydrogens is 188 g/mol. The lowest BCUT2D eigenvalue weighted by Gasteiger charge is -1.83. The van der Waals surface area contributed by atoms with Gasteiger partial charge in [0.15, 0.2) is 0 Å². The topological polar surface area (TPSA) is 153 Å². The van der Waals surface area contributed by atoms with Crippen LogP contribution in [0.3, 0.4) is 0 Å². The van der Waals surface area contributed by atoms with Gasteiger partial charge >= 0.3 is 0 Å². The summed E-state index contributed by atoms with van der Waals surface area (Å²) < 4.78 is 0.